The molecule has 2 aromatic heterocycles. The van der Waals surface area contributed by atoms with Gasteiger partial charge < -0.3 is 19.4 Å². The Morgan fingerprint density at radius 1 is 1.24 bits per heavy atom. The predicted octanol–water partition coefficient (Wildman–Crippen LogP) is 4.09. The Hall–Kier alpha value is -3.07. The van der Waals surface area contributed by atoms with Gasteiger partial charge in [0, 0.05) is 12.1 Å². The minimum absolute atomic E-state index is 0.149. The normalized spacial score (nSPS) is 10.8. The van der Waals surface area contributed by atoms with Gasteiger partial charge in [0.2, 0.25) is 11.8 Å². The fourth-order valence-corrected chi connectivity index (χ4v) is 3.35. The second-order valence-electron chi connectivity index (χ2n) is 6.59. The lowest BCUT2D eigenvalue weighted by Gasteiger charge is -2.11. The molecule has 1 amide bonds. The molecule has 152 valence electrons. The summed E-state index contributed by atoms with van der Waals surface area (Å²) in [7, 11) is 1.59. The molecule has 0 fully saturated rings. The van der Waals surface area contributed by atoms with Gasteiger partial charge in [-0.1, -0.05) is 17.8 Å². The van der Waals surface area contributed by atoms with Crippen LogP contribution in [0.1, 0.15) is 25.5 Å². The first-order chi connectivity index (χ1) is 14.0. The summed E-state index contributed by atoms with van der Waals surface area (Å²) in [6.45, 7) is 6.05. The van der Waals surface area contributed by atoms with E-state index < -0.39 is 0 Å². The van der Waals surface area contributed by atoms with Gasteiger partial charge in [-0.2, -0.15) is 0 Å². The first-order valence-electron chi connectivity index (χ1n) is 9.07. The molecule has 2 heterocycles. The fourth-order valence-electron chi connectivity index (χ4n) is 2.50. The van der Waals surface area contributed by atoms with Crippen LogP contribution in [0.2, 0.25) is 0 Å². The number of nitrogens with zero attached hydrogens (tertiary/aromatic N) is 4. The van der Waals surface area contributed by atoms with Crippen molar-refractivity contribution in [3.8, 4) is 17.4 Å². The summed E-state index contributed by atoms with van der Waals surface area (Å²) in [4.78, 5) is 16.5. The highest BCUT2D eigenvalue weighted by molar-refractivity contribution is 7.99. The van der Waals surface area contributed by atoms with E-state index in [4.69, 9.17) is 9.47 Å². The summed E-state index contributed by atoms with van der Waals surface area (Å²) in [6, 6.07) is 9.32. The fraction of sp³-hybridized carbons (Fsp3) is 0.300. The van der Waals surface area contributed by atoms with Crippen molar-refractivity contribution in [3.63, 3.8) is 0 Å². The highest BCUT2D eigenvalue weighted by Gasteiger charge is 2.11. The molecule has 0 unspecified atom stereocenters. The SMILES string of the molecule is COc1cc(C)ccc1Oc1ccc(NC(=O)CSc2nncn2C(C)C)cn1. The van der Waals surface area contributed by atoms with Gasteiger partial charge >= 0.3 is 0 Å². The number of hydrogen-bond donors (Lipinski definition) is 1. The van der Waals surface area contributed by atoms with Gasteiger partial charge in [-0.25, -0.2) is 4.98 Å². The Morgan fingerprint density at radius 2 is 2.07 bits per heavy atom. The number of pyridine rings is 1. The second kappa shape index (κ2) is 9.42. The number of nitrogens with one attached hydrogen (secondary N) is 1. The van der Waals surface area contributed by atoms with E-state index in [1.807, 2.05) is 43.5 Å². The lowest BCUT2D eigenvalue weighted by molar-refractivity contribution is -0.113. The minimum Gasteiger partial charge on any atom is -0.493 e. The molecule has 1 N–H and O–H groups in total. The average Bonchev–Trinajstić information content (AvgIpc) is 3.18. The summed E-state index contributed by atoms with van der Waals surface area (Å²) in [5.41, 5.74) is 1.66. The maximum Gasteiger partial charge on any atom is 0.234 e. The van der Waals surface area contributed by atoms with Crippen LogP contribution >= 0.6 is 11.8 Å². The van der Waals surface area contributed by atoms with Gasteiger partial charge in [-0.15, -0.1) is 10.2 Å². The van der Waals surface area contributed by atoms with Crippen molar-refractivity contribution in [3.05, 3.63) is 48.4 Å². The molecule has 0 saturated heterocycles. The molecule has 9 heteroatoms. The van der Waals surface area contributed by atoms with Gasteiger partial charge in [0.1, 0.15) is 6.33 Å². The molecule has 3 rings (SSSR count). The number of methoxy groups -OCH3 is 1. The molecule has 3 aromatic rings. The molecular formula is C20H23N5O3S. The molecular weight excluding hydrogens is 390 g/mol. The molecule has 8 nitrogen and oxygen atoms in total. The number of carbonyl (C=O) groups excluding carboxylic acids is 1. The van der Waals surface area contributed by atoms with Crippen molar-refractivity contribution in [2.45, 2.75) is 32.0 Å². The molecule has 1 aromatic carbocycles. The van der Waals surface area contributed by atoms with E-state index in [2.05, 4.69) is 20.5 Å². The van der Waals surface area contributed by atoms with Crippen molar-refractivity contribution in [1.29, 1.82) is 0 Å². The molecule has 0 spiro atoms. The first-order valence-corrected chi connectivity index (χ1v) is 10.1. The first kappa shape index (κ1) is 20.7. The molecule has 0 aliphatic rings. The quantitative estimate of drug-likeness (QED) is 0.556. The average molecular weight is 414 g/mol. The molecule has 0 aliphatic carbocycles. The lowest BCUT2D eigenvalue weighted by atomic mass is 10.2. The third-order valence-corrected chi connectivity index (χ3v) is 4.94. The maximum atomic E-state index is 12.2. The summed E-state index contributed by atoms with van der Waals surface area (Å²) in [5.74, 6) is 1.70. The van der Waals surface area contributed by atoms with E-state index in [0.29, 0.717) is 28.2 Å². The smallest absolute Gasteiger partial charge is 0.234 e. The topological polar surface area (TPSA) is 91.2 Å². The van der Waals surface area contributed by atoms with Gasteiger partial charge in [-0.3, -0.25) is 4.79 Å². The van der Waals surface area contributed by atoms with Crippen LogP contribution in [0.15, 0.2) is 48.0 Å². The van der Waals surface area contributed by atoms with Gasteiger partial charge in [0.25, 0.3) is 0 Å². The Bertz CT molecular complexity index is 973. The van der Waals surface area contributed by atoms with Gasteiger partial charge in [0.15, 0.2) is 16.7 Å². The van der Waals surface area contributed by atoms with Crippen molar-refractivity contribution in [1.82, 2.24) is 19.7 Å². The largest absolute Gasteiger partial charge is 0.493 e. The number of aryl methyl sites for hydroxylation is 1. The third kappa shape index (κ3) is 5.47. The molecule has 0 radical (unpaired) electrons. The molecule has 0 saturated carbocycles. The summed E-state index contributed by atoms with van der Waals surface area (Å²) in [5, 5.41) is 11.5. The van der Waals surface area contributed by atoms with Crippen LogP contribution in [-0.4, -0.2) is 38.5 Å². The zero-order chi connectivity index (χ0) is 20.8. The van der Waals surface area contributed by atoms with Crippen molar-refractivity contribution in [2.75, 3.05) is 18.2 Å². The summed E-state index contributed by atoms with van der Waals surface area (Å²) in [6.07, 6.45) is 3.21. The Kier molecular flexibility index (Phi) is 6.71. The van der Waals surface area contributed by atoms with E-state index >= 15 is 0 Å². The zero-order valence-electron chi connectivity index (χ0n) is 16.7. The number of carbonyl (C=O) groups is 1. The van der Waals surface area contributed by atoms with E-state index in [1.165, 1.54) is 11.8 Å². The van der Waals surface area contributed by atoms with Crippen molar-refractivity contribution in [2.24, 2.45) is 0 Å². The predicted molar refractivity (Wildman–Crippen MR) is 112 cm³/mol. The van der Waals surface area contributed by atoms with Crippen LogP contribution in [0.3, 0.4) is 0 Å². The lowest BCUT2D eigenvalue weighted by Crippen LogP contribution is -2.15. The molecule has 0 atom stereocenters. The number of rotatable bonds is 8. The number of aromatic nitrogens is 4. The Labute approximate surface area is 173 Å². The van der Waals surface area contributed by atoms with E-state index in [9.17, 15) is 4.79 Å². The Morgan fingerprint density at radius 3 is 2.76 bits per heavy atom. The third-order valence-electron chi connectivity index (χ3n) is 3.98. The van der Waals surface area contributed by atoms with Crippen LogP contribution in [0.5, 0.6) is 17.4 Å². The highest BCUT2D eigenvalue weighted by atomic mass is 32.2. The van der Waals surface area contributed by atoms with E-state index in [-0.39, 0.29) is 17.7 Å². The van der Waals surface area contributed by atoms with E-state index in [1.54, 1.807) is 31.8 Å². The second-order valence-corrected chi connectivity index (χ2v) is 7.54. The monoisotopic (exact) mass is 413 g/mol. The summed E-state index contributed by atoms with van der Waals surface area (Å²) >= 11 is 1.34. The zero-order valence-corrected chi connectivity index (χ0v) is 17.6. The Balaban J connectivity index is 1.56. The molecule has 0 bridgehead atoms. The standard InChI is InChI=1S/C20H23N5O3S/c1-13(2)25-12-22-24-20(25)29-11-18(26)23-15-6-8-19(21-10-15)28-16-7-5-14(3)9-17(16)27-4/h5-10,12-13H,11H2,1-4H3,(H,23,26). The van der Waals surface area contributed by atoms with Crippen LogP contribution in [0, 0.1) is 6.92 Å². The number of benzene rings is 1. The number of hydrogen-bond acceptors (Lipinski definition) is 7. The van der Waals surface area contributed by atoms with Crippen molar-refractivity contribution >= 4 is 23.4 Å². The van der Waals surface area contributed by atoms with Crippen molar-refractivity contribution < 1.29 is 14.3 Å². The van der Waals surface area contributed by atoms with Gasteiger partial charge in [-0.05, 0) is 44.5 Å². The van der Waals surface area contributed by atoms with Crippen LogP contribution in [0.25, 0.3) is 0 Å². The molecule has 0 aliphatic heterocycles. The van der Waals surface area contributed by atoms with E-state index in [0.717, 1.165) is 5.56 Å². The highest BCUT2D eigenvalue weighted by Crippen LogP contribution is 2.31. The minimum atomic E-state index is -0.149. The van der Waals surface area contributed by atoms with Crippen LogP contribution < -0.4 is 14.8 Å². The summed E-state index contributed by atoms with van der Waals surface area (Å²) < 4.78 is 13.0. The molecule has 29 heavy (non-hydrogen) atoms. The number of ether oxygens (including phenoxy) is 2. The number of thioether (sulfide) groups is 1. The number of amides is 1. The van der Waals surface area contributed by atoms with Crippen LogP contribution in [0.4, 0.5) is 5.69 Å². The number of anilines is 1. The van der Waals surface area contributed by atoms with Crippen LogP contribution in [-0.2, 0) is 4.79 Å². The van der Waals surface area contributed by atoms with Gasteiger partial charge in [0.05, 0.1) is 24.7 Å². The maximum absolute atomic E-state index is 12.2.